The third-order valence-electron chi connectivity index (χ3n) is 6.04. The van der Waals surface area contributed by atoms with E-state index in [-0.39, 0.29) is 28.1 Å². The highest BCUT2D eigenvalue weighted by molar-refractivity contribution is 5.85. The number of benzene rings is 1. The van der Waals surface area contributed by atoms with Crippen LogP contribution in [0.2, 0.25) is 0 Å². The highest BCUT2D eigenvalue weighted by Gasteiger charge is 2.66. The van der Waals surface area contributed by atoms with Crippen LogP contribution in [0.1, 0.15) is 84.6 Å². The van der Waals surface area contributed by atoms with E-state index in [0.717, 1.165) is 16.7 Å². The average molecular weight is 401 g/mol. The Kier molecular flexibility index (Phi) is 4.98. The Bertz CT molecular complexity index is 810. The fourth-order valence-electron chi connectivity index (χ4n) is 4.32. The molecule has 1 fully saturated rings. The minimum Gasteiger partial charge on any atom is -0.472 e. The van der Waals surface area contributed by atoms with Gasteiger partial charge in [-0.3, -0.25) is 0 Å². The number of hydrogen-bond donors (Lipinski definition) is 0. The second-order valence-corrected chi connectivity index (χ2v) is 11.4. The van der Waals surface area contributed by atoms with Crippen molar-refractivity contribution >= 4 is 5.97 Å². The van der Waals surface area contributed by atoms with Crippen molar-refractivity contribution in [2.24, 2.45) is 5.92 Å². The summed E-state index contributed by atoms with van der Waals surface area (Å²) in [6.07, 6.45) is 3.13. The van der Waals surface area contributed by atoms with Crippen LogP contribution < -0.4 is 0 Å². The molecule has 0 amide bonds. The minimum atomic E-state index is -1.19. The molecular weight excluding hydrogens is 364 g/mol. The molecule has 0 spiro atoms. The van der Waals surface area contributed by atoms with Gasteiger partial charge >= 0.3 is 5.97 Å². The Morgan fingerprint density at radius 3 is 1.83 bits per heavy atom. The maximum absolute atomic E-state index is 13.3. The van der Waals surface area contributed by atoms with Gasteiger partial charge in [0.25, 0.3) is 0 Å². The zero-order valence-corrected chi connectivity index (χ0v) is 19.6. The van der Waals surface area contributed by atoms with E-state index in [1.807, 2.05) is 6.08 Å². The molecule has 4 nitrogen and oxygen atoms in total. The molecule has 0 aliphatic carbocycles. The number of carbonyl (C=O) groups excluding carboxylic acids is 1. The Morgan fingerprint density at radius 2 is 1.45 bits per heavy atom. The summed E-state index contributed by atoms with van der Waals surface area (Å²) in [4.78, 5) is 13.3. The molecule has 2 heterocycles. The van der Waals surface area contributed by atoms with E-state index in [1.165, 1.54) is 12.7 Å². The molecule has 0 unspecified atom stereocenters. The van der Waals surface area contributed by atoms with E-state index in [1.54, 1.807) is 6.26 Å². The topological polar surface area (TPSA) is 44.8 Å². The van der Waals surface area contributed by atoms with E-state index in [4.69, 9.17) is 14.2 Å². The zero-order valence-electron chi connectivity index (χ0n) is 19.6. The third-order valence-corrected chi connectivity index (χ3v) is 6.04. The molecule has 29 heavy (non-hydrogen) atoms. The number of ether oxygens (including phenoxy) is 3. The molecule has 2 aliphatic heterocycles. The lowest BCUT2D eigenvalue weighted by atomic mass is 9.64. The first-order valence-corrected chi connectivity index (χ1v) is 10.4. The van der Waals surface area contributed by atoms with Gasteiger partial charge in [-0.2, -0.15) is 0 Å². The second-order valence-electron chi connectivity index (χ2n) is 11.4. The van der Waals surface area contributed by atoms with Gasteiger partial charge in [-0.25, -0.2) is 4.79 Å². The zero-order chi connectivity index (χ0) is 22.0. The van der Waals surface area contributed by atoms with Gasteiger partial charge in [0, 0.05) is 5.56 Å². The molecule has 1 aromatic rings. The van der Waals surface area contributed by atoms with Crippen LogP contribution in [0.3, 0.4) is 0 Å². The standard InChI is InChI=1S/C25H36O4/c1-22(2,3)15-13-17(23(4,5)6)19(18(14-15)24(7,8)9)25(21(26)27-10)16-11-12-28-20(16)29-25/h11-14,16,20H,1-10H3/t16-,20-,25+/m1/s1. The first-order valence-electron chi connectivity index (χ1n) is 10.4. The molecule has 160 valence electrons. The van der Waals surface area contributed by atoms with Gasteiger partial charge in [0.15, 0.2) is 0 Å². The van der Waals surface area contributed by atoms with Gasteiger partial charge in [0.05, 0.1) is 19.3 Å². The monoisotopic (exact) mass is 400 g/mol. The van der Waals surface area contributed by atoms with Crippen molar-refractivity contribution in [1.29, 1.82) is 0 Å². The van der Waals surface area contributed by atoms with Crippen LogP contribution in [0.15, 0.2) is 24.5 Å². The maximum Gasteiger partial charge on any atom is 0.343 e. The van der Waals surface area contributed by atoms with Gasteiger partial charge < -0.3 is 14.2 Å². The first-order chi connectivity index (χ1) is 13.1. The second kappa shape index (κ2) is 6.60. The van der Waals surface area contributed by atoms with Crippen molar-refractivity contribution in [1.82, 2.24) is 0 Å². The quantitative estimate of drug-likeness (QED) is 0.618. The summed E-state index contributed by atoms with van der Waals surface area (Å²) in [5.41, 5.74) is 2.87. The predicted octanol–water partition coefficient (Wildman–Crippen LogP) is 5.46. The molecule has 1 aromatic carbocycles. The van der Waals surface area contributed by atoms with Gasteiger partial charge in [-0.15, -0.1) is 0 Å². The van der Waals surface area contributed by atoms with Crippen molar-refractivity contribution in [2.75, 3.05) is 7.11 Å². The lowest BCUT2D eigenvalue weighted by Gasteiger charge is -2.51. The van der Waals surface area contributed by atoms with Crippen LogP contribution in [0, 0.1) is 5.92 Å². The van der Waals surface area contributed by atoms with E-state index in [2.05, 4.69) is 74.4 Å². The van der Waals surface area contributed by atoms with Crippen molar-refractivity contribution in [3.05, 3.63) is 46.7 Å². The summed E-state index contributed by atoms with van der Waals surface area (Å²) < 4.78 is 17.1. The van der Waals surface area contributed by atoms with Gasteiger partial charge in [0.1, 0.15) is 0 Å². The minimum absolute atomic E-state index is 0.0175. The van der Waals surface area contributed by atoms with E-state index in [9.17, 15) is 4.79 Å². The first kappa shape index (κ1) is 21.9. The molecular formula is C25H36O4. The van der Waals surface area contributed by atoms with Crippen LogP contribution in [0.25, 0.3) is 0 Å². The van der Waals surface area contributed by atoms with Crippen LogP contribution >= 0.6 is 0 Å². The summed E-state index contributed by atoms with van der Waals surface area (Å²) >= 11 is 0. The number of esters is 1. The number of hydrogen-bond acceptors (Lipinski definition) is 4. The maximum atomic E-state index is 13.3. The van der Waals surface area contributed by atoms with Crippen molar-refractivity contribution < 1.29 is 19.0 Å². The van der Waals surface area contributed by atoms with Gasteiger partial charge in [0.2, 0.25) is 11.9 Å². The predicted molar refractivity (Wildman–Crippen MR) is 115 cm³/mol. The summed E-state index contributed by atoms with van der Waals surface area (Å²) in [6, 6.07) is 4.51. The number of rotatable bonds is 2. The lowest BCUT2D eigenvalue weighted by molar-refractivity contribution is -0.314. The average Bonchev–Trinajstić information content (AvgIpc) is 2.94. The van der Waals surface area contributed by atoms with Gasteiger partial charge in [-0.05, 0) is 39.0 Å². The normalized spacial score (nSPS) is 26.6. The molecule has 3 rings (SSSR count). The Morgan fingerprint density at radius 1 is 0.931 bits per heavy atom. The van der Waals surface area contributed by atoms with Crippen LogP contribution in [-0.2, 0) is 40.9 Å². The summed E-state index contributed by atoms with van der Waals surface area (Å²) in [6.45, 7) is 19.8. The number of fused-ring (bicyclic) bond motifs is 1. The molecule has 0 aromatic heterocycles. The van der Waals surface area contributed by atoms with Crippen LogP contribution in [0.5, 0.6) is 0 Å². The Balaban J connectivity index is 2.43. The number of methoxy groups -OCH3 is 1. The molecule has 3 atom stereocenters. The SMILES string of the molecule is COC(=O)[C@]1(c2c(C(C)(C)C)cc(C(C)(C)C)cc2C(C)(C)C)O[C@H]2OC=C[C@H]21. The fraction of sp³-hybridized carbons (Fsp3) is 0.640. The molecule has 0 N–H and O–H groups in total. The van der Waals surface area contributed by atoms with Crippen molar-refractivity contribution in [2.45, 2.75) is 90.4 Å². The lowest BCUT2D eigenvalue weighted by Crippen LogP contribution is -2.62. The molecule has 0 bridgehead atoms. The Labute approximate surface area is 175 Å². The molecule has 0 radical (unpaired) electrons. The van der Waals surface area contributed by atoms with Crippen LogP contribution in [0.4, 0.5) is 0 Å². The van der Waals surface area contributed by atoms with E-state index < -0.39 is 11.9 Å². The molecule has 1 saturated heterocycles. The largest absolute Gasteiger partial charge is 0.472 e. The molecule has 2 aliphatic rings. The smallest absolute Gasteiger partial charge is 0.343 e. The van der Waals surface area contributed by atoms with Crippen molar-refractivity contribution in [3.8, 4) is 0 Å². The van der Waals surface area contributed by atoms with Crippen LogP contribution in [-0.4, -0.2) is 19.4 Å². The summed E-state index contributed by atoms with van der Waals surface area (Å²) in [5.74, 6) is -0.564. The third kappa shape index (κ3) is 3.39. The fourth-order valence-corrected chi connectivity index (χ4v) is 4.32. The van der Waals surface area contributed by atoms with Crippen molar-refractivity contribution in [3.63, 3.8) is 0 Å². The summed E-state index contributed by atoms with van der Waals surface area (Å²) in [7, 11) is 1.43. The highest BCUT2D eigenvalue weighted by atomic mass is 16.7. The molecule has 4 heteroatoms. The molecule has 0 saturated carbocycles. The van der Waals surface area contributed by atoms with E-state index >= 15 is 0 Å². The number of carbonyl (C=O) groups is 1. The summed E-state index contributed by atoms with van der Waals surface area (Å²) in [5, 5.41) is 0. The Hall–Kier alpha value is -1.81. The van der Waals surface area contributed by atoms with E-state index in [0.29, 0.717) is 0 Å². The highest BCUT2D eigenvalue weighted by Crippen LogP contribution is 2.56. The van der Waals surface area contributed by atoms with Gasteiger partial charge in [-0.1, -0.05) is 74.4 Å².